The summed E-state index contributed by atoms with van der Waals surface area (Å²) in [4.78, 5) is 19.0. The average molecular weight is 351 g/mol. The van der Waals surface area contributed by atoms with Crippen molar-refractivity contribution in [1.82, 2.24) is 19.7 Å². The molecular weight excluding hydrogens is 333 g/mol. The number of hydrogen-bond acceptors (Lipinski definition) is 4. The molecule has 0 spiro atoms. The third-order valence-corrected chi connectivity index (χ3v) is 4.67. The predicted octanol–water partition coefficient (Wildman–Crippen LogP) is 2.29. The number of aromatic nitrogens is 3. The number of rotatable bonds is 3. The van der Waals surface area contributed by atoms with Crippen LogP contribution in [0.25, 0.3) is 11.3 Å². The number of amides is 1. The second kappa shape index (κ2) is 6.25. The molecule has 1 aliphatic rings. The smallest absolute Gasteiger partial charge is 0.229 e. The molecule has 0 fully saturated rings. The number of hydrogen-bond donors (Lipinski definition) is 1. The molecule has 1 amide bonds. The lowest BCUT2D eigenvalue weighted by Crippen LogP contribution is -2.28. The molecule has 0 saturated carbocycles. The van der Waals surface area contributed by atoms with Crippen LogP contribution < -0.4 is 5.73 Å². The fraction of sp³-hybridized carbons (Fsp3) is 0.211. The Labute approximate surface area is 150 Å². The van der Waals surface area contributed by atoms with Gasteiger partial charge in [0.05, 0.1) is 41.9 Å². The van der Waals surface area contributed by atoms with Crippen molar-refractivity contribution in [3.8, 4) is 11.3 Å². The highest BCUT2D eigenvalue weighted by Crippen LogP contribution is 2.24. The summed E-state index contributed by atoms with van der Waals surface area (Å²) in [5, 5.41) is 4.20. The van der Waals surface area contributed by atoms with Crippen LogP contribution in [0.4, 0.5) is 10.1 Å². The van der Waals surface area contributed by atoms with Gasteiger partial charge in [-0.25, -0.2) is 4.39 Å². The highest BCUT2D eigenvalue weighted by atomic mass is 19.1. The van der Waals surface area contributed by atoms with Gasteiger partial charge in [0.1, 0.15) is 5.82 Å². The molecule has 2 aromatic heterocycles. The van der Waals surface area contributed by atoms with Crippen LogP contribution in [-0.4, -0.2) is 25.6 Å². The average Bonchev–Trinajstić information content (AvgIpc) is 3.20. The normalized spacial score (nSPS) is 13.1. The van der Waals surface area contributed by atoms with E-state index < -0.39 is 0 Å². The number of aryl methyl sites for hydroxylation is 1. The van der Waals surface area contributed by atoms with Crippen LogP contribution in [0.5, 0.6) is 0 Å². The summed E-state index contributed by atoms with van der Waals surface area (Å²) in [5.41, 5.74) is 10.6. The molecule has 3 heterocycles. The van der Waals surface area contributed by atoms with Crippen molar-refractivity contribution >= 4 is 11.6 Å². The van der Waals surface area contributed by atoms with Crippen LogP contribution >= 0.6 is 0 Å². The van der Waals surface area contributed by atoms with E-state index in [1.54, 1.807) is 40.0 Å². The van der Waals surface area contributed by atoms with Crippen LogP contribution in [0.3, 0.4) is 0 Å². The van der Waals surface area contributed by atoms with Crippen molar-refractivity contribution in [3.63, 3.8) is 0 Å². The lowest BCUT2D eigenvalue weighted by Gasteiger charge is -2.16. The van der Waals surface area contributed by atoms with Gasteiger partial charge in [0, 0.05) is 24.7 Å². The standard InChI is InChI=1S/C19H18FN5O/c1-24-18-11-25(10-13(18)9-22-24)19(26)8-17-15(21)6-7-16(23-17)12-2-4-14(20)5-3-12/h2-7,9H,8,10-11,21H2,1H3. The number of nitrogens with two attached hydrogens (primary N) is 1. The van der Waals surface area contributed by atoms with E-state index in [9.17, 15) is 9.18 Å². The van der Waals surface area contributed by atoms with E-state index in [1.165, 1.54) is 12.1 Å². The first-order chi connectivity index (χ1) is 12.5. The third kappa shape index (κ3) is 2.92. The Morgan fingerprint density at radius 1 is 1.19 bits per heavy atom. The molecule has 3 aromatic rings. The fourth-order valence-electron chi connectivity index (χ4n) is 3.15. The molecule has 0 radical (unpaired) electrons. The fourth-order valence-corrected chi connectivity index (χ4v) is 3.15. The Balaban J connectivity index is 1.53. The second-order valence-corrected chi connectivity index (χ2v) is 6.41. The van der Waals surface area contributed by atoms with Gasteiger partial charge in [-0.2, -0.15) is 5.10 Å². The maximum absolute atomic E-state index is 13.1. The number of nitrogen functional groups attached to an aromatic ring is 1. The first kappa shape index (κ1) is 16.3. The van der Waals surface area contributed by atoms with Crippen LogP contribution in [0, 0.1) is 5.82 Å². The number of fused-ring (bicyclic) bond motifs is 1. The number of benzene rings is 1. The molecule has 7 heteroatoms. The molecule has 4 rings (SSSR count). The van der Waals surface area contributed by atoms with Gasteiger partial charge in [0.2, 0.25) is 5.91 Å². The van der Waals surface area contributed by atoms with E-state index >= 15 is 0 Å². The topological polar surface area (TPSA) is 77.0 Å². The summed E-state index contributed by atoms with van der Waals surface area (Å²) in [6.07, 6.45) is 1.92. The molecule has 0 bridgehead atoms. The molecule has 132 valence electrons. The predicted molar refractivity (Wildman–Crippen MR) is 95.2 cm³/mol. The van der Waals surface area contributed by atoms with Gasteiger partial charge < -0.3 is 10.6 Å². The molecule has 2 N–H and O–H groups in total. The number of pyridine rings is 1. The SMILES string of the molecule is Cn1ncc2c1CN(C(=O)Cc1nc(-c3ccc(F)cc3)ccc1N)C2. The van der Waals surface area contributed by atoms with Gasteiger partial charge in [0.25, 0.3) is 0 Å². The van der Waals surface area contributed by atoms with Crippen molar-refractivity contribution in [2.75, 3.05) is 5.73 Å². The summed E-state index contributed by atoms with van der Waals surface area (Å²) in [6.45, 7) is 1.10. The van der Waals surface area contributed by atoms with E-state index in [0.717, 1.165) is 16.8 Å². The van der Waals surface area contributed by atoms with E-state index in [1.807, 2.05) is 7.05 Å². The van der Waals surface area contributed by atoms with Crippen LogP contribution in [-0.2, 0) is 31.4 Å². The molecule has 0 unspecified atom stereocenters. The van der Waals surface area contributed by atoms with Crippen molar-refractivity contribution < 1.29 is 9.18 Å². The minimum atomic E-state index is -0.303. The number of carbonyl (C=O) groups excluding carboxylic acids is 1. The maximum atomic E-state index is 13.1. The third-order valence-electron chi connectivity index (χ3n) is 4.67. The Hall–Kier alpha value is -3.22. The quantitative estimate of drug-likeness (QED) is 0.785. The Kier molecular flexibility index (Phi) is 3.91. The first-order valence-electron chi connectivity index (χ1n) is 8.30. The van der Waals surface area contributed by atoms with Gasteiger partial charge in [-0.05, 0) is 36.4 Å². The van der Waals surface area contributed by atoms with Crippen LogP contribution in [0.2, 0.25) is 0 Å². The van der Waals surface area contributed by atoms with Gasteiger partial charge >= 0.3 is 0 Å². The molecule has 0 saturated heterocycles. The molecular formula is C19H18FN5O. The van der Waals surface area contributed by atoms with Gasteiger partial charge in [-0.15, -0.1) is 0 Å². The Morgan fingerprint density at radius 3 is 2.69 bits per heavy atom. The van der Waals surface area contributed by atoms with Crippen molar-refractivity contribution in [2.45, 2.75) is 19.5 Å². The van der Waals surface area contributed by atoms with E-state index in [2.05, 4.69) is 10.1 Å². The van der Waals surface area contributed by atoms with Crippen molar-refractivity contribution in [2.24, 2.45) is 7.05 Å². The summed E-state index contributed by atoms with van der Waals surface area (Å²) in [6, 6.07) is 9.58. The number of carbonyl (C=O) groups is 1. The lowest BCUT2D eigenvalue weighted by atomic mass is 10.1. The largest absolute Gasteiger partial charge is 0.397 e. The highest BCUT2D eigenvalue weighted by Gasteiger charge is 2.26. The molecule has 1 aromatic carbocycles. The molecule has 1 aliphatic heterocycles. The summed E-state index contributed by atoms with van der Waals surface area (Å²) in [5.74, 6) is -0.334. The first-order valence-corrected chi connectivity index (χ1v) is 8.30. The molecule has 6 nitrogen and oxygen atoms in total. The molecule has 0 atom stereocenters. The van der Waals surface area contributed by atoms with Crippen molar-refractivity contribution in [1.29, 1.82) is 0 Å². The van der Waals surface area contributed by atoms with Crippen molar-refractivity contribution in [3.05, 3.63) is 65.4 Å². The van der Waals surface area contributed by atoms with Gasteiger partial charge in [0.15, 0.2) is 0 Å². The maximum Gasteiger partial charge on any atom is 0.229 e. The summed E-state index contributed by atoms with van der Waals surface area (Å²) < 4.78 is 14.9. The van der Waals surface area contributed by atoms with Gasteiger partial charge in [-0.3, -0.25) is 14.5 Å². The monoisotopic (exact) mass is 351 g/mol. The lowest BCUT2D eigenvalue weighted by molar-refractivity contribution is -0.131. The number of halogens is 1. The van der Waals surface area contributed by atoms with Crippen LogP contribution in [0.1, 0.15) is 17.0 Å². The van der Waals surface area contributed by atoms with Gasteiger partial charge in [-0.1, -0.05) is 0 Å². The zero-order valence-corrected chi connectivity index (χ0v) is 14.3. The number of anilines is 1. The van der Waals surface area contributed by atoms with E-state index in [0.29, 0.717) is 30.2 Å². The Bertz CT molecular complexity index is 980. The van der Waals surface area contributed by atoms with E-state index in [4.69, 9.17) is 5.73 Å². The zero-order chi connectivity index (χ0) is 18.3. The molecule has 26 heavy (non-hydrogen) atoms. The van der Waals surface area contributed by atoms with Crippen LogP contribution in [0.15, 0.2) is 42.6 Å². The molecule has 0 aliphatic carbocycles. The minimum absolute atomic E-state index is 0.0309. The Morgan fingerprint density at radius 2 is 1.96 bits per heavy atom. The summed E-state index contributed by atoms with van der Waals surface area (Å²) in [7, 11) is 1.87. The summed E-state index contributed by atoms with van der Waals surface area (Å²) >= 11 is 0. The number of nitrogens with zero attached hydrogens (tertiary/aromatic N) is 4. The zero-order valence-electron chi connectivity index (χ0n) is 14.3. The minimum Gasteiger partial charge on any atom is -0.397 e. The highest BCUT2D eigenvalue weighted by molar-refractivity contribution is 5.80. The van der Waals surface area contributed by atoms with E-state index in [-0.39, 0.29) is 18.1 Å². The second-order valence-electron chi connectivity index (χ2n) is 6.41.